The number of aromatic nitrogens is 4. The summed E-state index contributed by atoms with van der Waals surface area (Å²) in [6.45, 7) is 1.82. The van der Waals surface area contributed by atoms with Crippen LogP contribution in [0.2, 0.25) is 0 Å². The number of rotatable bonds is 3. The molecular formula is C24H18N6O3S. The van der Waals surface area contributed by atoms with Crippen LogP contribution in [0.1, 0.15) is 17.0 Å². The second-order valence-corrected chi connectivity index (χ2v) is 8.40. The number of benzene rings is 1. The van der Waals surface area contributed by atoms with E-state index in [1.54, 1.807) is 30.5 Å². The Morgan fingerprint density at radius 1 is 0.882 bits per heavy atom. The Kier molecular flexibility index (Phi) is 7.39. The first-order valence-electron chi connectivity index (χ1n) is 9.86. The predicted molar refractivity (Wildman–Crippen MR) is 120 cm³/mol. The molecule has 0 radical (unpaired) electrons. The van der Waals surface area contributed by atoms with Gasteiger partial charge in [0.25, 0.3) is 0 Å². The fourth-order valence-electron chi connectivity index (χ4n) is 2.93. The molecule has 10 heteroatoms. The van der Waals surface area contributed by atoms with Gasteiger partial charge in [0.05, 0.1) is 10.6 Å². The van der Waals surface area contributed by atoms with Crippen molar-refractivity contribution in [3.63, 3.8) is 0 Å². The lowest BCUT2D eigenvalue weighted by Crippen LogP contribution is -2.30. The zero-order chi connectivity index (χ0) is 24.7. The Hall–Kier alpha value is -4.51. The van der Waals surface area contributed by atoms with Crippen molar-refractivity contribution in [2.45, 2.75) is 11.8 Å². The molecule has 0 saturated heterocycles. The summed E-state index contributed by atoms with van der Waals surface area (Å²) in [5, 5.41) is 18.4. The van der Waals surface area contributed by atoms with E-state index in [-0.39, 0.29) is 16.3 Å². The fourth-order valence-corrected chi connectivity index (χ4v) is 3.40. The van der Waals surface area contributed by atoms with Gasteiger partial charge < -0.3 is 4.55 Å². The Balaban J connectivity index is 0.000000248. The van der Waals surface area contributed by atoms with E-state index in [2.05, 4.69) is 15.0 Å². The maximum Gasteiger partial charge on any atom is 0.233 e. The third kappa shape index (κ3) is 5.64. The molecule has 0 atom stereocenters. The van der Waals surface area contributed by atoms with Crippen LogP contribution < -0.4 is 4.57 Å². The summed E-state index contributed by atoms with van der Waals surface area (Å²) in [6, 6.07) is 20.7. The van der Waals surface area contributed by atoms with Crippen molar-refractivity contribution in [2.75, 3.05) is 0 Å². The molecule has 3 aromatic heterocycles. The van der Waals surface area contributed by atoms with Crippen molar-refractivity contribution in [3.8, 4) is 34.9 Å². The summed E-state index contributed by atoms with van der Waals surface area (Å²) in [5.74, 6) is 0. The minimum absolute atomic E-state index is 0.00418. The van der Waals surface area contributed by atoms with Gasteiger partial charge in [0.15, 0.2) is 23.3 Å². The van der Waals surface area contributed by atoms with Gasteiger partial charge in [-0.25, -0.2) is 18.4 Å². The summed E-state index contributed by atoms with van der Waals surface area (Å²) in [6.07, 6.45) is 3.53. The molecule has 0 aliphatic heterocycles. The molecule has 0 N–H and O–H groups in total. The van der Waals surface area contributed by atoms with Gasteiger partial charge in [0.1, 0.15) is 35.0 Å². The van der Waals surface area contributed by atoms with Crippen molar-refractivity contribution < 1.29 is 17.5 Å². The molecule has 0 aliphatic rings. The molecule has 0 amide bonds. The van der Waals surface area contributed by atoms with Crippen LogP contribution in [0, 0.1) is 29.6 Å². The van der Waals surface area contributed by atoms with Gasteiger partial charge in [0, 0.05) is 18.3 Å². The first-order chi connectivity index (χ1) is 16.2. The lowest BCUT2D eigenvalue weighted by atomic mass is 10.1. The van der Waals surface area contributed by atoms with E-state index in [1.807, 2.05) is 61.1 Å². The van der Waals surface area contributed by atoms with Crippen LogP contribution >= 0.6 is 0 Å². The van der Waals surface area contributed by atoms with E-state index in [0.29, 0.717) is 17.1 Å². The number of nitriles is 2. The highest BCUT2D eigenvalue weighted by Crippen LogP contribution is 2.26. The average Bonchev–Trinajstić information content (AvgIpc) is 2.84. The Morgan fingerprint density at radius 2 is 1.50 bits per heavy atom. The van der Waals surface area contributed by atoms with E-state index in [4.69, 9.17) is 0 Å². The van der Waals surface area contributed by atoms with Crippen LogP contribution in [0.15, 0.2) is 78.0 Å². The molecule has 9 nitrogen and oxygen atoms in total. The van der Waals surface area contributed by atoms with E-state index in [0.717, 1.165) is 11.3 Å². The number of hydrogen-bond acceptors (Lipinski definition) is 8. The molecule has 168 valence electrons. The van der Waals surface area contributed by atoms with Crippen molar-refractivity contribution >= 4 is 10.1 Å². The minimum Gasteiger partial charge on any atom is -0.744 e. The van der Waals surface area contributed by atoms with Crippen LogP contribution in [0.25, 0.3) is 22.8 Å². The first kappa shape index (κ1) is 24.1. The molecule has 0 aliphatic carbocycles. The van der Waals surface area contributed by atoms with Crippen molar-refractivity contribution in [1.82, 2.24) is 15.0 Å². The number of pyridine rings is 2. The maximum atomic E-state index is 10.4. The lowest BCUT2D eigenvalue weighted by Gasteiger charge is -2.07. The van der Waals surface area contributed by atoms with E-state index in [1.165, 1.54) is 12.1 Å². The smallest absolute Gasteiger partial charge is 0.233 e. The Morgan fingerprint density at radius 3 is 2.03 bits per heavy atom. The van der Waals surface area contributed by atoms with Crippen LogP contribution in [0.4, 0.5) is 0 Å². The second kappa shape index (κ2) is 10.4. The van der Waals surface area contributed by atoms with E-state index in [9.17, 15) is 23.5 Å². The first-order valence-corrected chi connectivity index (χ1v) is 11.3. The largest absolute Gasteiger partial charge is 0.744 e. The van der Waals surface area contributed by atoms with Crippen LogP contribution in [-0.2, 0) is 17.2 Å². The molecule has 4 aromatic rings. The molecule has 0 bridgehead atoms. The third-order valence-corrected chi connectivity index (χ3v) is 5.47. The number of hydrogen-bond donors (Lipinski definition) is 0. The molecule has 4 rings (SSSR count). The summed E-state index contributed by atoms with van der Waals surface area (Å²) in [7, 11) is -2.39. The van der Waals surface area contributed by atoms with Gasteiger partial charge in [-0.3, -0.25) is 4.98 Å². The third-order valence-electron chi connectivity index (χ3n) is 4.62. The summed E-state index contributed by atoms with van der Waals surface area (Å²) in [5.41, 5.74) is 3.30. The second-order valence-electron chi connectivity index (χ2n) is 7.02. The Labute approximate surface area is 197 Å². The molecule has 0 unspecified atom stereocenters. The molecule has 3 heterocycles. The highest BCUT2D eigenvalue weighted by Gasteiger charge is 2.22. The molecule has 1 aromatic carbocycles. The summed E-state index contributed by atoms with van der Waals surface area (Å²) < 4.78 is 33.0. The normalized spacial score (nSPS) is 10.4. The van der Waals surface area contributed by atoms with E-state index >= 15 is 0 Å². The van der Waals surface area contributed by atoms with Gasteiger partial charge in [-0.15, -0.1) is 0 Å². The van der Waals surface area contributed by atoms with Crippen LogP contribution in [-0.4, -0.2) is 27.9 Å². The maximum absolute atomic E-state index is 10.4. The molecule has 0 fully saturated rings. The Bertz CT molecular complexity index is 1510. The average molecular weight is 471 g/mol. The quantitative estimate of drug-likeness (QED) is 0.328. The highest BCUT2D eigenvalue weighted by molar-refractivity contribution is 7.85. The molecule has 0 spiro atoms. The molecule has 0 saturated carbocycles. The van der Waals surface area contributed by atoms with Crippen molar-refractivity contribution in [1.29, 1.82) is 10.5 Å². The lowest BCUT2D eigenvalue weighted by molar-refractivity contribution is -0.660. The standard InChI is InChI=1S/C17H11N6.C7H8O3S/c1-23-9-5-3-7-15(23)17-16(12-6-2-4-8-20-12)21-13(10-18)14(11-19)22-17;1-6-2-4-7(5-3-6)11(8,9)10/h2-9H,1H3;2-5H,1H3,(H,8,9,10)/q+1;/p-1. The number of nitrogens with zero attached hydrogens (tertiary/aromatic N) is 6. The van der Waals surface area contributed by atoms with Gasteiger partial charge >= 0.3 is 0 Å². The zero-order valence-electron chi connectivity index (χ0n) is 18.2. The van der Waals surface area contributed by atoms with Crippen molar-refractivity contribution in [2.24, 2.45) is 7.05 Å². The monoisotopic (exact) mass is 470 g/mol. The molecule has 34 heavy (non-hydrogen) atoms. The minimum atomic E-state index is -4.27. The van der Waals surface area contributed by atoms with Gasteiger partial charge in [-0.2, -0.15) is 15.1 Å². The summed E-state index contributed by atoms with van der Waals surface area (Å²) >= 11 is 0. The van der Waals surface area contributed by atoms with Crippen LogP contribution in [0.3, 0.4) is 0 Å². The van der Waals surface area contributed by atoms with Gasteiger partial charge in [0.2, 0.25) is 5.69 Å². The molecular weight excluding hydrogens is 452 g/mol. The summed E-state index contributed by atoms with van der Waals surface area (Å²) in [4.78, 5) is 12.8. The van der Waals surface area contributed by atoms with Crippen molar-refractivity contribution in [3.05, 3.63) is 90.0 Å². The SMILES string of the molecule is C[n+]1ccccc1-c1nc(C#N)c(C#N)nc1-c1ccccn1.Cc1ccc(S(=O)(=O)[O-])cc1. The van der Waals surface area contributed by atoms with Gasteiger partial charge in [-0.05, 0) is 37.3 Å². The topological polar surface area (TPSA) is 147 Å². The van der Waals surface area contributed by atoms with E-state index < -0.39 is 10.1 Å². The predicted octanol–water partition coefficient (Wildman–Crippen LogP) is 2.67. The van der Waals surface area contributed by atoms with Gasteiger partial charge in [-0.1, -0.05) is 23.8 Å². The number of aryl methyl sites for hydroxylation is 2. The zero-order valence-corrected chi connectivity index (χ0v) is 19.1. The van der Waals surface area contributed by atoms with Crippen LogP contribution in [0.5, 0.6) is 0 Å². The highest BCUT2D eigenvalue weighted by atomic mass is 32.2. The fraction of sp³-hybridized carbons (Fsp3) is 0.0833.